The Labute approximate surface area is 122 Å². The molecular weight excluding hydrogens is 270 g/mol. The first-order valence-electron chi connectivity index (χ1n) is 6.38. The van der Waals surface area contributed by atoms with Crippen molar-refractivity contribution in [2.45, 2.75) is 13.0 Å². The summed E-state index contributed by atoms with van der Waals surface area (Å²) in [5.41, 5.74) is 0.784. The summed E-state index contributed by atoms with van der Waals surface area (Å²) in [4.78, 5) is 16.2. The van der Waals surface area contributed by atoms with Crippen molar-refractivity contribution in [2.75, 3.05) is 6.61 Å². The maximum Gasteiger partial charge on any atom is 0.271 e. The van der Waals surface area contributed by atoms with E-state index in [9.17, 15) is 4.79 Å². The third-order valence-electron chi connectivity index (χ3n) is 2.69. The van der Waals surface area contributed by atoms with Crippen LogP contribution in [0.15, 0.2) is 24.7 Å². The van der Waals surface area contributed by atoms with Gasteiger partial charge in [0, 0.05) is 19.7 Å². The van der Waals surface area contributed by atoms with Gasteiger partial charge in [0.25, 0.3) is 5.91 Å². The van der Waals surface area contributed by atoms with Crippen molar-refractivity contribution >= 4 is 5.91 Å². The number of carbonyl (C=O) groups is 1. The molecule has 2 aromatic heterocycles. The molecule has 7 nitrogen and oxygen atoms in total. The van der Waals surface area contributed by atoms with Crippen molar-refractivity contribution in [1.82, 2.24) is 25.1 Å². The molecule has 108 valence electrons. The van der Waals surface area contributed by atoms with Crippen LogP contribution in [0.25, 0.3) is 0 Å². The highest BCUT2D eigenvalue weighted by atomic mass is 16.2. The number of aliphatic hydroxyl groups excluding tert-OH is 1. The van der Waals surface area contributed by atoms with Gasteiger partial charge in [0.1, 0.15) is 12.0 Å². The number of pyridine rings is 1. The van der Waals surface area contributed by atoms with Crippen LogP contribution in [0, 0.1) is 11.8 Å². The second kappa shape index (κ2) is 7.17. The van der Waals surface area contributed by atoms with Gasteiger partial charge in [-0.3, -0.25) is 4.79 Å². The maximum atomic E-state index is 12.2. The molecule has 0 aliphatic carbocycles. The Balaban J connectivity index is 2.09. The number of aromatic nitrogens is 4. The van der Waals surface area contributed by atoms with E-state index in [4.69, 9.17) is 5.11 Å². The fourth-order valence-corrected chi connectivity index (χ4v) is 1.61. The number of hydrogen-bond donors (Lipinski definition) is 2. The van der Waals surface area contributed by atoms with Crippen molar-refractivity contribution in [3.05, 3.63) is 41.7 Å². The fraction of sp³-hybridized carbons (Fsp3) is 0.286. The largest absolute Gasteiger partial charge is 0.395 e. The van der Waals surface area contributed by atoms with Crippen molar-refractivity contribution in [3.63, 3.8) is 0 Å². The summed E-state index contributed by atoms with van der Waals surface area (Å²) < 4.78 is 1.72. The molecule has 0 aromatic carbocycles. The van der Waals surface area contributed by atoms with Crippen LogP contribution in [0.2, 0.25) is 0 Å². The zero-order valence-electron chi connectivity index (χ0n) is 11.6. The van der Waals surface area contributed by atoms with Crippen molar-refractivity contribution in [2.24, 2.45) is 7.05 Å². The van der Waals surface area contributed by atoms with Crippen molar-refractivity contribution in [3.8, 4) is 11.8 Å². The van der Waals surface area contributed by atoms with Crippen LogP contribution < -0.4 is 5.32 Å². The zero-order valence-corrected chi connectivity index (χ0v) is 11.6. The number of hydrogen-bond acceptors (Lipinski definition) is 5. The topological polar surface area (TPSA) is 92.9 Å². The molecule has 0 aliphatic rings. The molecule has 0 spiro atoms. The molecule has 0 bridgehead atoms. The number of rotatable bonds is 4. The van der Waals surface area contributed by atoms with Gasteiger partial charge in [0.2, 0.25) is 0 Å². The van der Waals surface area contributed by atoms with E-state index in [1.165, 1.54) is 6.20 Å². The molecule has 0 atom stereocenters. The number of nitrogens with one attached hydrogen (secondary N) is 1. The minimum absolute atomic E-state index is 0.0129. The maximum absolute atomic E-state index is 12.2. The predicted molar refractivity (Wildman–Crippen MR) is 75.0 cm³/mol. The average molecular weight is 285 g/mol. The summed E-state index contributed by atoms with van der Waals surface area (Å²) in [5, 5.41) is 19.1. The highest BCUT2D eigenvalue weighted by Gasteiger charge is 2.12. The van der Waals surface area contributed by atoms with Gasteiger partial charge in [-0.2, -0.15) is 0 Å². The Morgan fingerprint density at radius 1 is 1.52 bits per heavy atom. The second-order valence-corrected chi connectivity index (χ2v) is 4.22. The van der Waals surface area contributed by atoms with Gasteiger partial charge < -0.3 is 15.0 Å². The third kappa shape index (κ3) is 3.87. The first-order chi connectivity index (χ1) is 10.2. The highest BCUT2D eigenvalue weighted by Crippen LogP contribution is 2.04. The molecule has 0 saturated heterocycles. The molecule has 2 heterocycles. The number of aliphatic hydroxyl groups is 1. The summed E-state index contributed by atoms with van der Waals surface area (Å²) >= 11 is 0. The van der Waals surface area contributed by atoms with E-state index >= 15 is 0 Å². The van der Waals surface area contributed by atoms with Crippen LogP contribution in [-0.2, 0) is 13.6 Å². The van der Waals surface area contributed by atoms with Gasteiger partial charge in [0.05, 0.1) is 18.7 Å². The molecule has 0 saturated carbocycles. The summed E-state index contributed by atoms with van der Waals surface area (Å²) in [7, 11) is 1.80. The van der Waals surface area contributed by atoms with Crippen LogP contribution in [-0.4, -0.2) is 37.4 Å². The molecule has 2 aromatic rings. The molecule has 2 rings (SSSR count). The zero-order chi connectivity index (χ0) is 15.1. The molecule has 21 heavy (non-hydrogen) atoms. The van der Waals surface area contributed by atoms with Crippen LogP contribution in [0.4, 0.5) is 0 Å². The lowest BCUT2D eigenvalue weighted by atomic mass is 10.2. The Morgan fingerprint density at radius 2 is 2.38 bits per heavy atom. The SMILES string of the molecule is Cn1cnnc1CNC(=O)c1ncccc1C#CCCO. The van der Waals surface area contributed by atoms with E-state index < -0.39 is 0 Å². The van der Waals surface area contributed by atoms with Gasteiger partial charge >= 0.3 is 0 Å². The van der Waals surface area contributed by atoms with Crippen LogP contribution >= 0.6 is 0 Å². The van der Waals surface area contributed by atoms with E-state index in [1.807, 2.05) is 0 Å². The van der Waals surface area contributed by atoms with E-state index in [2.05, 4.69) is 32.3 Å². The summed E-state index contributed by atoms with van der Waals surface area (Å²) in [5.74, 6) is 5.93. The molecule has 0 unspecified atom stereocenters. The van der Waals surface area contributed by atoms with E-state index in [1.54, 1.807) is 30.1 Å². The molecule has 0 aliphatic heterocycles. The van der Waals surface area contributed by atoms with Gasteiger partial charge in [-0.25, -0.2) is 4.98 Å². The van der Waals surface area contributed by atoms with Crippen LogP contribution in [0.1, 0.15) is 28.3 Å². The lowest BCUT2D eigenvalue weighted by molar-refractivity contribution is 0.0944. The minimum atomic E-state index is -0.327. The quantitative estimate of drug-likeness (QED) is 0.764. The van der Waals surface area contributed by atoms with E-state index in [0.29, 0.717) is 17.8 Å². The first-order valence-corrected chi connectivity index (χ1v) is 6.38. The average Bonchev–Trinajstić information content (AvgIpc) is 2.91. The summed E-state index contributed by atoms with van der Waals surface area (Å²) in [6.45, 7) is 0.246. The number of carbonyl (C=O) groups excluding carboxylic acids is 1. The molecular formula is C14H15N5O2. The van der Waals surface area contributed by atoms with Gasteiger partial charge in [-0.15, -0.1) is 10.2 Å². The highest BCUT2D eigenvalue weighted by molar-refractivity contribution is 5.94. The molecule has 0 fully saturated rings. The normalized spacial score (nSPS) is 9.81. The molecule has 1 amide bonds. The van der Waals surface area contributed by atoms with Crippen molar-refractivity contribution in [1.29, 1.82) is 0 Å². The molecule has 0 radical (unpaired) electrons. The van der Waals surface area contributed by atoms with Gasteiger partial charge in [-0.05, 0) is 12.1 Å². The number of amides is 1. The number of nitrogens with zero attached hydrogens (tertiary/aromatic N) is 4. The Morgan fingerprint density at radius 3 is 3.10 bits per heavy atom. The van der Waals surface area contributed by atoms with Gasteiger partial charge in [-0.1, -0.05) is 11.8 Å². The summed E-state index contributed by atoms with van der Waals surface area (Å²) in [6, 6.07) is 3.43. The Hall–Kier alpha value is -2.72. The van der Waals surface area contributed by atoms with Crippen LogP contribution in [0.3, 0.4) is 0 Å². The smallest absolute Gasteiger partial charge is 0.271 e. The first kappa shape index (κ1) is 14.7. The van der Waals surface area contributed by atoms with E-state index in [-0.39, 0.29) is 24.8 Å². The lowest BCUT2D eigenvalue weighted by Gasteiger charge is -2.05. The van der Waals surface area contributed by atoms with Gasteiger partial charge in [0.15, 0.2) is 5.82 Å². The predicted octanol–water partition coefficient (Wildman–Crippen LogP) is -0.126. The second-order valence-electron chi connectivity index (χ2n) is 4.22. The Kier molecular flexibility index (Phi) is 5.01. The molecule has 2 N–H and O–H groups in total. The summed E-state index contributed by atoms with van der Waals surface area (Å²) in [6.07, 6.45) is 3.46. The standard InChI is InChI=1S/C14H15N5O2/c1-19-10-17-18-12(19)9-16-14(21)13-11(5-2-3-8-20)6-4-7-15-13/h4,6-7,10,20H,3,8-9H2,1H3,(H,16,21). The van der Waals surface area contributed by atoms with Crippen LogP contribution in [0.5, 0.6) is 0 Å². The lowest BCUT2D eigenvalue weighted by Crippen LogP contribution is -2.26. The minimum Gasteiger partial charge on any atom is -0.395 e. The fourth-order valence-electron chi connectivity index (χ4n) is 1.61. The number of aryl methyl sites for hydroxylation is 1. The van der Waals surface area contributed by atoms with E-state index in [0.717, 1.165) is 0 Å². The monoisotopic (exact) mass is 285 g/mol. The molecule has 7 heteroatoms. The third-order valence-corrected chi connectivity index (χ3v) is 2.69. The van der Waals surface area contributed by atoms with Crippen molar-refractivity contribution < 1.29 is 9.90 Å². The Bertz CT molecular complexity index is 684.